The molecule has 1 aromatic heterocycles. The summed E-state index contributed by atoms with van der Waals surface area (Å²) in [6.07, 6.45) is 10.1. The van der Waals surface area contributed by atoms with Crippen LogP contribution in [-0.4, -0.2) is 11.5 Å². The summed E-state index contributed by atoms with van der Waals surface area (Å²) < 4.78 is 0. The van der Waals surface area contributed by atoms with E-state index in [1.807, 2.05) is 12.1 Å². The Morgan fingerprint density at radius 1 is 1.31 bits per heavy atom. The summed E-state index contributed by atoms with van der Waals surface area (Å²) in [6.45, 7) is 0.987. The van der Waals surface area contributed by atoms with Crippen LogP contribution in [0.4, 0.5) is 5.82 Å². The van der Waals surface area contributed by atoms with Crippen LogP contribution in [0.1, 0.15) is 38.5 Å². The molecule has 0 aliphatic heterocycles. The Morgan fingerprint density at radius 3 is 2.88 bits per heavy atom. The molecule has 1 aliphatic rings. The number of aromatic nitrogens is 1. The zero-order chi connectivity index (χ0) is 11.2. The van der Waals surface area contributed by atoms with Crippen molar-refractivity contribution in [1.29, 1.82) is 0 Å². The molecule has 1 aromatic rings. The average Bonchev–Trinajstić information content (AvgIpc) is 2.33. The van der Waals surface area contributed by atoms with Gasteiger partial charge >= 0.3 is 0 Å². The lowest BCUT2D eigenvalue weighted by molar-refractivity contribution is 0.345. The topological polar surface area (TPSA) is 24.9 Å². The third kappa shape index (κ3) is 3.38. The van der Waals surface area contributed by atoms with Gasteiger partial charge in [0.05, 0.1) is 5.02 Å². The highest BCUT2D eigenvalue weighted by Gasteiger charge is 2.12. The second kappa shape index (κ2) is 6.09. The lowest BCUT2D eigenvalue weighted by Crippen LogP contribution is -2.12. The molecular weight excluding hydrogens is 220 g/mol. The summed E-state index contributed by atoms with van der Waals surface area (Å²) in [7, 11) is 0. The van der Waals surface area contributed by atoms with Gasteiger partial charge in [-0.2, -0.15) is 0 Å². The Hall–Kier alpha value is -0.760. The molecule has 1 fully saturated rings. The van der Waals surface area contributed by atoms with E-state index in [-0.39, 0.29) is 0 Å². The highest BCUT2D eigenvalue weighted by molar-refractivity contribution is 6.32. The summed E-state index contributed by atoms with van der Waals surface area (Å²) in [5, 5.41) is 4.03. The second-order valence-corrected chi connectivity index (χ2v) is 4.96. The van der Waals surface area contributed by atoms with Gasteiger partial charge in [-0.3, -0.25) is 0 Å². The van der Waals surface area contributed by atoms with Gasteiger partial charge < -0.3 is 5.32 Å². The minimum absolute atomic E-state index is 0.714. The maximum Gasteiger partial charge on any atom is 0.144 e. The van der Waals surface area contributed by atoms with Crippen LogP contribution in [0.15, 0.2) is 18.3 Å². The van der Waals surface area contributed by atoms with Crippen LogP contribution in [0.5, 0.6) is 0 Å². The van der Waals surface area contributed by atoms with Crippen LogP contribution in [0.25, 0.3) is 0 Å². The van der Waals surface area contributed by atoms with Gasteiger partial charge in [0.1, 0.15) is 5.82 Å². The molecule has 0 aromatic carbocycles. The van der Waals surface area contributed by atoms with Crippen LogP contribution in [0.2, 0.25) is 5.02 Å². The molecule has 16 heavy (non-hydrogen) atoms. The first kappa shape index (κ1) is 11.7. The molecule has 0 unspecified atom stereocenters. The summed E-state index contributed by atoms with van der Waals surface area (Å²) in [5.74, 6) is 1.73. The molecule has 2 nitrogen and oxygen atoms in total. The van der Waals surface area contributed by atoms with Crippen molar-refractivity contribution in [3.05, 3.63) is 23.4 Å². The van der Waals surface area contributed by atoms with Crippen LogP contribution >= 0.6 is 11.6 Å². The van der Waals surface area contributed by atoms with Gasteiger partial charge in [0.25, 0.3) is 0 Å². The number of hydrogen-bond donors (Lipinski definition) is 1. The number of rotatable bonds is 4. The summed E-state index contributed by atoms with van der Waals surface area (Å²) >= 11 is 6.02. The first-order valence-electron chi connectivity index (χ1n) is 6.20. The smallest absolute Gasteiger partial charge is 0.144 e. The molecule has 0 spiro atoms. The van der Waals surface area contributed by atoms with Gasteiger partial charge in [-0.1, -0.05) is 43.7 Å². The highest BCUT2D eigenvalue weighted by atomic mass is 35.5. The van der Waals surface area contributed by atoms with E-state index in [0.717, 1.165) is 18.3 Å². The van der Waals surface area contributed by atoms with Crippen molar-refractivity contribution >= 4 is 17.4 Å². The minimum atomic E-state index is 0.714. The molecule has 3 heteroatoms. The normalized spacial score (nSPS) is 17.3. The van der Waals surface area contributed by atoms with E-state index < -0.39 is 0 Å². The molecule has 1 saturated carbocycles. The van der Waals surface area contributed by atoms with Crippen molar-refractivity contribution in [2.75, 3.05) is 11.9 Å². The quantitative estimate of drug-likeness (QED) is 0.854. The Labute approximate surface area is 102 Å². The number of nitrogens with zero attached hydrogens (tertiary/aromatic N) is 1. The first-order chi connectivity index (χ1) is 7.86. The fourth-order valence-corrected chi connectivity index (χ4v) is 2.57. The summed E-state index contributed by atoms with van der Waals surface area (Å²) in [6, 6.07) is 3.73. The highest BCUT2D eigenvalue weighted by Crippen LogP contribution is 2.26. The van der Waals surface area contributed by atoms with Gasteiger partial charge in [0.15, 0.2) is 0 Å². The van der Waals surface area contributed by atoms with Gasteiger partial charge in [-0.15, -0.1) is 0 Å². The number of hydrogen-bond acceptors (Lipinski definition) is 2. The molecule has 0 bridgehead atoms. The first-order valence-corrected chi connectivity index (χ1v) is 6.58. The minimum Gasteiger partial charge on any atom is -0.369 e. The monoisotopic (exact) mass is 238 g/mol. The van der Waals surface area contributed by atoms with Crippen molar-refractivity contribution in [2.24, 2.45) is 5.92 Å². The fourth-order valence-electron chi connectivity index (χ4n) is 2.39. The third-order valence-corrected chi connectivity index (χ3v) is 3.63. The maximum absolute atomic E-state index is 6.02. The molecule has 1 heterocycles. The standard InChI is InChI=1S/C13H19ClN2/c14-12-7-4-9-15-13(12)16-10-8-11-5-2-1-3-6-11/h4,7,9,11H,1-3,5-6,8,10H2,(H,15,16). The maximum atomic E-state index is 6.02. The van der Waals surface area contributed by atoms with E-state index >= 15 is 0 Å². The molecule has 88 valence electrons. The average molecular weight is 239 g/mol. The van der Waals surface area contributed by atoms with E-state index in [1.54, 1.807) is 6.20 Å². The Balaban J connectivity index is 1.73. The van der Waals surface area contributed by atoms with Gasteiger partial charge in [-0.05, 0) is 24.5 Å². The van der Waals surface area contributed by atoms with E-state index in [0.29, 0.717) is 5.02 Å². The van der Waals surface area contributed by atoms with Crippen LogP contribution in [-0.2, 0) is 0 Å². The molecule has 1 N–H and O–H groups in total. The largest absolute Gasteiger partial charge is 0.369 e. The molecule has 2 rings (SSSR count). The number of pyridine rings is 1. The van der Waals surface area contributed by atoms with E-state index in [9.17, 15) is 0 Å². The van der Waals surface area contributed by atoms with Gasteiger partial charge in [0, 0.05) is 12.7 Å². The summed E-state index contributed by atoms with van der Waals surface area (Å²) in [4.78, 5) is 4.22. The predicted molar refractivity (Wildman–Crippen MR) is 68.9 cm³/mol. The predicted octanol–water partition coefficient (Wildman–Crippen LogP) is 4.12. The number of nitrogens with one attached hydrogen (secondary N) is 1. The summed E-state index contributed by atoms with van der Waals surface area (Å²) in [5.41, 5.74) is 0. The van der Waals surface area contributed by atoms with Gasteiger partial charge in [-0.25, -0.2) is 4.98 Å². The fraction of sp³-hybridized carbons (Fsp3) is 0.615. The molecule has 0 amide bonds. The SMILES string of the molecule is Clc1cccnc1NCCC1CCCCC1. The van der Waals surface area contributed by atoms with Crippen molar-refractivity contribution in [3.63, 3.8) is 0 Å². The number of anilines is 1. The zero-order valence-electron chi connectivity index (χ0n) is 9.58. The van der Waals surface area contributed by atoms with Crippen molar-refractivity contribution in [1.82, 2.24) is 4.98 Å². The van der Waals surface area contributed by atoms with Crippen LogP contribution < -0.4 is 5.32 Å². The van der Waals surface area contributed by atoms with E-state index in [4.69, 9.17) is 11.6 Å². The Bertz CT molecular complexity index is 321. The molecule has 0 saturated heterocycles. The zero-order valence-corrected chi connectivity index (χ0v) is 10.3. The van der Waals surface area contributed by atoms with Crippen LogP contribution in [0, 0.1) is 5.92 Å². The molecular formula is C13H19ClN2. The second-order valence-electron chi connectivity index (χ2n) is 4.55. The lowest BCUT2D eigenvalue weighted by Gasteiger charge is -2.21. The molecule has 0 atom stereocenters. The Morgan fingerprint density at radius 2 is 2.12 bits per heavy atom. The van der Waals surface area contributed by atoms with Crippen molar-refractivity contribution in [2.45, 2.75) is 38.5 Å². The lowest BCUT2D eigenvalue weighted by atomic mass is 9.87. The molecule has 0 radical (unpaired) electrons. The van der Waals surface area contributed by atoms with Gasteiger partial charge in [0.2, 0.25) is 0 Å². The van der Waals surface area contributed by atoms with E-state index in [1.165, 1.54) is 38.5 Å². The number of halogens is 1. The van der Waals surface area contributed by atoms with Crippen molar-refractivity contribution in [3.8, 4) is 0 Å². The third-order valence-electron chi connectivity index (χ3n) is 3.33. The van der Waals surface area contributed by atoms with Crippen LogP contribution in [0.3, 0.4) is 0 Å². The van der Waals surface area contributed by atoms with E-state index in [2.05, 4.69) is 10.3 Å². The Kier molecular flexibility index (Phi) is 4.46. The molecule has 1 aliphatic carbocycles. The van der Waals surface area contributed by atoms with Crippen molar-refractivity contribution < 1.29 is 0 Å².